The second-order valence-corrected chi connectivity index (χ2v) is 13.3. The zero-order valence-corrected chi connectivity index (χ0v) is 23.6. The van der Waals surface area contributed by atoms with Crippen molar-refractivity contribution in [2.24, 2.45) is 45.8 Å². The molecule has 2 aliphatic heterocycles. The van der Waals surface area contributed by atoms with E-state index in [1.54, 1.807) is 0 Å². The van der Waals surface area contributed by atoms with E-state index >= 15 is 0 Å². The topological polar surface area (TPSA) is 95.9 Å². The van der Waals surface area contributed by atoms with Crippen molar-refractivity contribution in [3.63, 3.8) is 0 Å². The lowest BCUT2D eigenvalue weighted by atomic mass is 9.43. The summed E-state index contributed by atoms with van der Waals surface area (Å²) in [4.78, 5) is 42.0. The minimum atomic E-state index is -0.720. The molecule has 5 fully saturated rings. The molecule has 11 atom stereocenters. The van der Waals surface area contributed by atoms with Gasteiger partial charge in [0.15, 0.2) is 0 Å². The van der Waals surface area contributed by atoms with E-state index in [2.05, 4.69) is 44.5 Å². The predicted octanol–water partition coefficient (Wildman–Crippen LogP) is 4.37. The maximum atomic E-state index is 13.5. The molecule has 7 nitrogen and oxygen atoms in total. The number of fused-ring (bicyclic) bond motifs is 2. The molecule has 0 spiro atoms. The summed E-state index contributed by atoms with van der Waals surface area (Å²) in [6.07, 6.45) is 4.98. The number of Topliss-reactive ketones (excluding diaryl/α,β-unsaturated/α-hetero) is 1. The van der Waals surface area contributed by atoms with Gasteiger partial charge in [0.1, 0.15) is 11.9 Å². The molecule has 5 rings (SSSR count). The molecule has 2 N–H and O–H groups in total. The van der Waals surface area contributed by atoms with Gasteiger partial charge in [-0.3, -0.25) is 14.9 Å². The highest BCUT2D eigenvalue weighted by Gasteiger charge is 2.68. The summed E-state index contributed by atoms with van der Waals surface area (Å²) in [6.45, 7) is 15.1. The molecule has 8 heteroatoms. The highest BCUT2D eigenvalue weighted by atomic mass is 35.5. The van der Waals surface area contributed by atoms with Gasteiger partial charge in [-0.05, 0) is 68.2 Å². The van der Waals surface area contributed by atoms with Crippen molar-refractivity contribution in [2.75, 3.05) is 19.6 Å². The maximum absolute atomic E-state index is 13.5. The van der Waals surface area contributed by atoms with Crippen LogP contribution in [-0.2, 0) is 14.3 Å². The zero-order chi connectivity index (χ0) is 26.0. The van der Waals surface area contributed by atoms with E-state index in [1.165, 1.54) is 0 Å². The third-order valence-corrected chi connectivity index (χ3v) is 11.7. The Morgan fingerprint density at radius 2 is 1.95 bits per heavy atom. The molecule has 4 bridgehead atoms. The SMILES string of the molecule is C=CC[C@]1(C)C[C@@H](OC(=O)NC(=O)[C@H]2CN3CC[C@@H]2C3)[C@]2(C)[C@H](C)CC[C@]3(CCC(=O)[C@H]32)[C@@H](C)[C@@H]1O.Cl. The lowest BCUT2D eigenvalue weighted by Gasteiger charge is -2.62. The molecule has 5 aliphatic rings. The molecular weight excluding hydrogens is 492 g/mol. The van der Waals surface area contributed by atoms with Crippen molar-refractivity contribution < 1.29 is 24.2 Å². The van der Waals surface area contributed by atoms with Gasteiger partial charge < -0.3 is 14.7 Å². The Balaban J connectivity index is 0.00000320. The number of ether oxygens (including phenoxy) is 1. The molecule has 208 valence electrons. The first-order valence-electron chi connectivity index (χ1n) is 14.0. The molecule has 2 amide bonds. The lowest BCUT2D eigenvalue weighted by molar-refractivity contribution is -0.197. The van der Waals surface area contributed by atoms with Crippen LogP contribution in [0.4, 0.5) is 4.79 Å². The smallest absolute Gasteiger partial charge is 0.414 e. The van der Waals surface area contributed by atoms with Gasteiger partial charge in [0.2, 0.25) is 5.91 Å². The fourth-order valence-electron chi connectivity index (χ4n) is 9.32. The number of carbonyl (C=O) groups excluding carboxylic acids is 3. The van der Waals surface area contributed by atoms with Crippen molar-refractivity contribution in [3.05, 3.63) is 12.7 Å². The summed E-state index contributed by atoms with van der Waals surface area (Å²) in [7, 11) is 0. The van der Waals surface area contributed by atoms with E-state index in [0.717, 1.165) is 38.8 Å². The number of nitrogens with one attached hydrogen (secondary N) is 1. The Morgan fingerprint density at radius 1 is 1.22 bits per heavy atom. The summed E-state index contributed by atoms with van der Waals surface area (Å²) >= 11 is 0. The zero-order valence-electron chi connectivity index (χ0n) is 22.8. The van der Waals surface area contributed by atoms with Crippen LogP contribution < -0.4 is 5.32 Å². The van der Waals surface area contributed by atoms with Crippen LogP contribution in [-0.4, -0.2) is 59.6 Å². The van der Waals surface area contributed by atoms with Crippen LogP contribution in [0.5, 0.6) is 0 Å². The van der Waals surface area contributed by atoms with Crippen LogP contribution in [0.25, 0.3) is 0 Å². The first-order chi connectivity index (χ1) is 17.0. The number of piperidine rings is 1. The van der Waals surface area contributed by atoms with Gasteiger partial charge in [-0.1, -0.05) is 33.8 Å². The Labute approximate surface area is 227 Å². The number of rotatable bonds is 4. The summed E-state index contributed by atoms with van der Waals surface area (Å²) < 4.78 is 6.19. The van der Waals surface area contributed by atoms with Crippen LogP contribution in [0, 0.1) is 45.8 Å². The predicted molar refractivity (Wildman–Crippen MR) is 143 cm³/mol. The molecule has 1 unspecified atom stereocenters. The van der Waals surface area contributed by atoms with Crippen LogP contribution in [0.3, 0.4) is 0 Å². The molecule has 2 saturated heterocycles. The molecule has 0 aromatic heterocycles. The molecule has 3 aliphatic carbocycles. The number of amides is 2. The number of allylic oxidation sites excluding steroid dienone is 1. The van der Waals surface area contributed by atoms with Gasteiger partial charge in [-0.2, -0.15) is 0 Å². The second-order valence-electron chi connectivity index (χ2n) is 13.3. The number of aliphatic hydroxyl groups excluding tert-OH is 1. The average Bonchev–Trinajstić information content (AvgIpc) is 3.55. The standard InChI is InChI=1S/C29H44N2O5.ClH/c1-6-10-27(4)14-22(36-26(35)30-25(34)20-16-31-13-9-19(20)15-31)28(5)17(2)7-11-29(18(3)24(27)33)12-8-21(32)23(28)29;/h6,17-20,22-24,33H,1,7-16H2,2-5H3,(H,30,34,35);1H/t17-,18+,19-,20+,22-,23+,24+,27-,28+,29+;/m1./s1. The number of hydrogen-bond donors (Lipinski definition) is 2. The van der Waals surface area contributed by atoms with Gasteiger partial charge in [-0.25, -0.2) is 4.79 Å². The lowest BCUT2D eigenvalue weighted by Crippen LogP contribution is -2.63. The van der Waals surface area contributed by atoms with Gasteiger partial charge in [0.05, 0.1) is 12.0 Å². The van der Waals surface area contributed by atoms with Crippen LogP contribution in [0.1, 0.15) is 72.6 Å². The highest BCUT2D eigenvalue weighted by molar-refractivity contribution is 5.93. The molecule has 0 aromatic carbocycles. The number of aliphatic hydroxyl groups is 1. The summed E-state index contributed by atoms with van der Waals surface area (Å²) in [5, 5.41) is 14.3. The minimum absolute atomic E-state index is 0. The first-order valence-corrected chi connectivity index (χ1v) is 14.0. The number of imide groups is 1. The van der Waals surface area contributed by atoms with Crippen molar-refractivity contribution >= 4 is 30.2 Å². The number of carbonyl (C=O) groups is 3. The van der Waals surface area contributed by atoms with Crippen LogP contribution in [0.2, 0.25) is 0 Å². The fraction of sp³-hybridized carbons (Fsp3) is 0.828. The Bertz CT molecular complexity index is 959. The summed E-state index contributed by atoms with van der Waals surface area (Å²) in [5.74, 6) is -0.0384. The molecule has 2 heterocycles. The molecule has 0 aromatic rings. The molecule has 37 heavy (non-hydrogen) atoms. The van der Waals surface area contributed by atoms with Crippen molar-refractivity contribution in [1.29, 1.82) is 0 Å². The Kier molecular flexibility index (Phi) is 7.68. The number of ketones is 1. The molecular formula is C29H45ClN2O5. The molecule has 0 radical (unpaired) electrons. The van der Waals surface area contributed by atoms with E-state index in [-0.39, 0.29) is 53.2 Å². The van der Waals surface area contributed by atoms with Gasteiger partial charge >= 0.3 is 6.09 Å². The Morgan fingerprint density at radius 3 is 2.57 bits per heavy atom. The first kappa shape index (κ1) is 28.6. The van der Waals surface area contributed by atoms with E-state index in [1.807, 2.05) is 6.08 Å². The van der Waals surface area contributed by atoms with E-state index in [0.29, 0.717) is 31.7 Å². The van der Waals surface area contributed by atoms with Crippen molar-refractivity contribution in [2.45, 2.75) is 84.8 Å². The normalized spacial score (nSPS) is 48.3. The summed E-state index contributed by atoms with van der Waals surface area (Å²) in [6, 6.07) is 0. The maximum Gasteiger partial charge on any atom is 0.414 e. The number of nitrogens with zero attached hydrogens (tertiary/aromatic N) is 1. The van der Waals surface area contributed by atoms with Crippen LogP contribution >= 0.6 is 12.4 Å². The largest absolute Gasteiger partial charge is 0.445 e. The third-order valence-electron chi connectivity index (χ3n) is 11.7. The number of alkyl carbamates (subject to hydrolysis) is 1. The van der Waals surface area contributed by atoms with Crippen molar-refractivity contribution in [3.8, 4) is 0 Å². The monoisotopic (exact) mass is 536 g/mol. The fourth-order valence-corrected chi connectivity index (χ4v) is 9.32. The Hall–Kier alpha value is -1.44. The second kappa shape index (κ2) is 9.95. The van der Waals surface area contributed by atoms with E-state index < -0.39 is 29.1 Å². The number of halogens is 1. The van der Waals surface area contributed by atoms with E-state index in [9.17, 15) is 19.5 Å². The minimum Gasteiger partial charge on any atom is -0.445 e. The van der Waals surface area contributed by atoms with Crippen LogP contribution in [0.15, 0.2) is 12.7 Å². The van der Waals surface area contributed by atoms with Gasteiger partial charge in [-0.15, -0.1) is 19.0 Å². The van der Waals surface area contributed by atoms with Crippen molar-refractivity contribution in [1.82, 2.24) is 10.2 Å². The number of hydrogen-bond acceptors (Lipinski definition) is 6. The average molecular weight is 537 g/mol. The van der Waals surface area contributed by atoms with E-state index in [4.69, 9.17) is 4.74 Å². The third kappa shape index (κ3) is 4.28. The quantitative estimate of drug-likeness (QED) is 0.518. The van der Waals surface area contributed by atoms with Gasteiger partial charge in [0.25, 0.3) is 0 Å². The molecule has 3 saturated carbocycles. The summed E-state index contributed by atoms with van der Waals surface area (Å²) in [5.41, 5.74) is -1.43. The van der Waals surface area contributed by atoms with Gasteiger partial charge in [0, 0.05) is 36.3 Å². The highest BCUT2D eigenvalue weighted by Crippen LogP contribution is 2.68.